The third-order valence-electron chi connectivity index (χ3n) is 7.73. The predicted molar refractivity (Wildman–Crippen MR) is 145 cm³/mol. The van der Waals surface area contributed by atoms with Crippen molar-refractivity contribution in [1.82, 2.24) is 19.0 Å². The molecule has 9 heteroatoms. The van der Waals surface area contributed by atoms with Crippen LogP contribution in [0.2, 0.25) is 0 Å². The Balaban J connectivity index is 1.45. The lowest BCUT2D eigenvalue weighted by atomic mass is 10.0. The number of benzene rings is 1. The van der Waals surface area contributed by atoms with Crippen molar-refractivity contribution in [3.05, 3.63) is 23.3 Å². The normalized spacial score (nSPS) is 21.4. The fourth-order valence-corrected chi connectivity index (χ4v) is 6.58. The van der Waals surface area contributed by atoms with Gasteiger partial charge in [-0.3, -0.25) is 9.69 Å². The van der Waals surface area contributed by atoms with Crippen LogP contribution in [-0.4, -0.2) is 115 Å². The molecule has 1 amide bonds. The van der Waals surface area contributed by atoms with Crippen LogP contribution in [0.15, 0.2) is 17.0 Å². The Kier molecular flexibility index (Phi) is 11.2. The van der Waals surface area contributed by atoms with Gasteiger partial charge >= 0.3 is 0 Å². The molecule has 36 heavy (non-hydrogen) atoms. The minimum atomic E-state index is -1.31. The maximum absolute atomic E-state index is 13.1. The number of ether oxygens (including phenoxy) is 2. The molecule has 0 aliphatic carbocycles. The monoisotopic (exact) mass is 522 g/mol. The van der Waals surface area contributed by atoms with Gasteiger partial charge in [0.25, 0.3) is 0 Å². The molecule has 2 fully saturated rings. The maximum Gasteiger partial charge on any atom is 0.248 e. The molecule has 0 bridgehead atoms. The van der Waals surface area contributed by atoms with E-state index in [0.717, 1.165) is 60.8 Å². The van der Waals surface area contributed by atoms with E-state index in [9.17, 15) is 9.00 Å². The molecule has 2 aliphatic heterocycles. The summed E-state index contributed by atoms with van der Waals surface area (Å²) in [7, 11) is 6.27. The van der Waals surface area contributed by atoms with E-state index in [0.29, 0.717) is 19.2 Å². The highest BCUT2D eigenvalue weighted by atomic mass is 32.2. The summed E-state index contributed by atoms with van der Waals surface area (Å²) in [5.41, 5.74) is 1.87. The van der Waals surface area contributed by atoms with Crippen LogP contribution in [0.5, 0.6) is 5.75 Å². The van der Waals surface area contributed by atoms with Gasteiger partial charge in [0.05, 0.1) is 18.6 Å². The van der Waals surface area contributed by atoms with Crippen LogP contribution >= 0.6 is 0 Å². The molecule has 8 nitrogen and oxygen atoms in total. The van der Waals surface area contributed by atoms with Gasteiger partial charge < -0.3 is 19.3 Å². The Morgan fingerprint density at radius 1 is 1.08 bits per heavy atom. The van der Waals surface area contributed by atoms with Gasteiger partial charge in [-0.2, -0.15) is 0 Å². The van der Waals surface area contributed by atoms with Crippen molar-refractivity contribution < 1.29 is 18.5 Å². The SMILES string of the molecule is COc1cc(C)c(S(=O)N(C)CCOCC(=O)N(C)C2CCCCN(C3CCN(C)CC3)C2)c(C)c1. The smallest absolute Gasteiger partial charge is 0.248 e. The van der Waals surface area contributed by atoms with E-state index >= 15 is 0 Å². The van der Waals surface area contributed by atoms with Gasteiger partial charge in [0.15, 0.2) is 0 Å². The lowest BCUT2D eigenvalue weighted by Gasteiger charge is -2.39. The molecule has 3 rings (SSSR count). The number of amides is 1. The molecule has 204 valence electrons. The molecule has 0 radical (unpaired) electrons. The van der Waals surface area contributed by atoms with E-state index in [1.54, 1.807) is 11.4 Å². The summed E-state index contributed by atoms with van der Waals surface area (Å²) in [5.74, 6) is 0.790. The summed E-state index contributed by atoms with van der Waals surface area (Å²) in [6.45, 7) is 9.19. The quantitative estimate of drug-likeness (QED) is 0.441. The minimum Gasteiger partial charge on any atom is -0.497 e. The lowest BCUT2D eigenvalue weighted by molar-refractivity contribution is -0.137. The van der Waals surface area contributed by atoms with Crippen molar-refractivity contribution in [3.63, 3.8) is 0 Å². The Hall–Kier alpha value is -1.52. The van der Waals surface area contributed by atoms with Crippen molar-refractivity contribution >= 4 is 16.9 Å². The number of likely N-dealkylation sites (N-methyl/N-ethyl adjacent to an activating group) is 2. The first-order valence-electron chi connectivity index (χ1n) is 13.3. The van der Waals surface area contributed by atoms with Crippen molar-refractivity contribution in [2.75, 3.05) is 74.2 Å². The Morgan fingerprint density at radius 3 is 2.39 bits per heavy atom. The van der Waals surface area contributed by atoms with Crippen molar-refractivity contribution in [2.45, 2.75) is 62.9 Å². The molecule has 2 saturated heterocycles. The van der Waals surface area contributed by atoms with E-state index in [-0.39, 0.29) is 18.6 Å². The summed E-state index contributed by atoms with van der Waals surface area (Å²) in [6, 6.07) is 4.68. The molecular weight excluding hydrogens is 476 g/mol. The Morgan fingerprint density at radius 2 is 1.75 bits per heavy atom. The van der Waals surface area contributed by atoms with E-state index in [1.165, 1.54) is 19.3 Å². The molecule has 2 aliphatic rings. The number of nitrogens with zero attached hydrogens (tertiary/aromatic N) is 4. The summed E-state index contributed by atoms with van der Waals surface area (Å²) in [4.78, 5) is 20.7. The number of likely N-dealkylation sites (tertiary alicyclic amines) is 2. The zero-order valence-electron chi connectivity index (χ0n) is 23.1. The van der Waals surface area contributed by atoms with Gasteiger partial charge in [-0.1, -0.05) is 6.42 Å². The number of piperidine rings is 1. The van der Waals surface area contributed by atoms with E-state index in [1.807, 2.05) is 45.0 Å². The molecule has 0 aromatic heterocycles. The maximum atomic E-state index is 13.1. The second-order valence-electron chi connectivity index (χ2n) is 10.4. The summed E-state index contributed by atoms with van der Waals surface area (Å²) in [5, 5.41) is 0. The fraction of sp³-hybridized carbons (Fsp3) is 0.741. The molecule has 1 aromatic carbocycles. The van der Waals surface area contributed by atoms with Gasteiger partial charge in [-0.15, -0.1) is 0 Å². The van der Waals surface area contributed by atoms with E-state index < -0.39 is 11.0 Å². The highest BCUT2D eigenvalue weighted by molar-refractivity contribution is 7.82. The van der Waals surface area contributed by atoms with Crippen molar-refractivity contribution in [2.24, 2.45) is 0 Å². The topological polar surface area (TPSA) is 65.6 Å². The minimum absolute atomic E-state index is 0.0239. The van der Waals surface area contributed by atoms with Gasteiger partial charge in [0.1, 0.15) is 23.3 Å². The molecule has 0 spiro atoms. The summed E-state index contributed by atoms with van der Waals surface area (Å²) < 4.78 is 25.9. The molecule has 1 aromatic rings. The molecule has 0 saturated carbocycles. The highest BCUT2D eigenvalue weighted by Gasteiger charge is 2.30. The zero-order chi connectivity index (χ0) is 26.2. The molecular formula is C27H46N4O4S. The standard InChI is InChI=1S/C27H46N4O4S/c1-21-17-25(34-6)18-22(2)27(21)36(33)29(4)15-16-35-20-26(32)30(5)24-9-7-8-12-31(19-24)23-10-13-28(3)14-11-23/h17-18,23-24H,7-16,19-20H2,1-6H3. The molecule has 2 atom stereocenters. The number of carbonyl (C=O) groups excluding carboxylic acids is 1. The second kappa shape index (κ2) is 13.9. The van der Waals surface area contributed by atoms with Crippen LogP contribution in [0.25, 0.3) is 0 Å². The fourth-order valence-electron chi connectivity index (χ4n) is 5.36. The zero-order valence-corrected chi connectivity index (χ0v) is 23.9. The third kappa shape index (κ3) is 7.74. The number of rotatable bonds is 10. The van der Waals surface area contributed by atoms with Gasteiger partial charge in [0, 0.05) is 39.3 Å². The third-order valence-corrected chi connectivity index (χ3v) is 9.47. The summed E-state index contributed by atoms with van der Waals surface area (Å²) >= 11 is 0. The molecule has 0 N–H and O–H groups in total. The highest BCUT2D eigenvalue weighted by Crippen LogP contribution is 2.26. The first-order chi connectivity index (χ1) is 17.2. The molecule has 2 heterocycles. The number of carbonyl (C=O) groups is 1. The second-order valence-corrected chi connectivity index (χ2v) is 12.0. The van der Waals surface area contributed by atoms with Crippen LogP contribution < -0.4 is 4.74 Å². The van der Waals surface area contributed by atoms with E-state index in [2.05, 4.69) is 16.8 Å². The Labute approximate surface area is 220 Å². The van der Waals surface area contributed by atoms with Gasteiger partial charge in [0.2, 0.25) is 5.91 Å². The van der Waals surface area contributed by atoms with Crippen LogP contribution in [-0.2, 0) is 20.5 Å². The average Bonchev–Trinajstić information content (AvgIpc) is 3.12. The van der Waals surface area contributed by atoms with Crippen LogP contribution in [0.1, 0.15) is 43.2 Å². The van der Waals surface area contributed by atoms with Gasteiger partial charge in [-0.05, 0) is 89.5 Å². The van der Waals surface area contributed by atoms with E-state index in [4.69, 9.17) is 9.47 Å². The number of hydrogen-bond acceptors (Lipinski definition) is 6. The van der Waals surface area contributed by atoms with Crippen LogP contribution in [0.3, 0.4) is 0 Å². The van der Waals surface area contributed by atoms with Crippen molar-refractivity contribution in [1.29, 1.82) is 0 Å². The van der Waals surface area contributed by atoms with Crippen molar-refractivity contribution in [3.8, 4) is 5.75 Å². The predicted octanol–water partition coefficient (Wildman–Crippen LogP) is 2.69. The van der Waals surface area contributed by atoms with Gasteiger partial charge in [-0.25, -0.2) is 8.51 Å². The first kappa shape index (κ1) is 29.0. The first-order valence-corrected chi connectivity index (χ1v) is 14.4. The summed E-state index contributed by atoms with van der Waals surface area (Å²) in [6.07, 6.45) is 5.85. The number of methoxy groups -OCH3 is 1. The molecule has 2 unspecified atom stereocenters. The lowest BCUT2D eigenvalue weighted by Crippen LogP contribution is -2.50. The largest absolute Gasteiger partial charge is 0.497 e. The van der Waals surface area contributed by atoms with Crippen LogP contribution in [0.4, 0.5) is 0 Å². The average molecular weight is 523 g/mol. The number of aryl methyl sites for hydroxylation is 2. The van der Waals surface area contributed by atoms with Crippen LogP contribution in [0, 0.1) is 13.8 Å². The number of hydrogen-bond donors (Lipinski definition) is 0. The Bertz CT molecular complexity index is 868.